The van der Waals surface area contributed by atoms with Crippen LogP contribution in [0, 0.1) is 5.82 Å². The number of nitrogens with zero attached hydrogens (tertiary/aromatic N) is 1. The fourth-order valence-corrected chi connectivity index (χ4v) is 4.60. The number of anilines is 1. The molecule has 1 aromatic carbocycles. The number of hydrogen-bond acceptors (Lipinski definition) is 7. The molecule has 2 heterocycles. The third kappa shape index (κ3) is 5.36. The molecule has 1 unspecified atom stereocenters. The maximum absolute atomic E-state index is 14.3. The van der Waals surface area contributed by atoms with Crippen LogP contribution in [0.5, 0.6) is 0 Å². The van der Waals surface area contributed by atoms with Gasteiger partial charge in [-0.25, -0.2) is 27.9 Å². The summed E-state index contributed by atoms with van der Waals surface area (Å²) in [6, 6.07) is 4.18. The zero-order valence-corrected chi connectivity index (χ0v) is 19.5. The summed E-state index contributed by atoms with van der Waals surface area (Å²) in [6.45, 7) is 1.62. The summed E-state index contributed by atoms with van der Waals surface area (Å²) in [5.41, 5.74) is 2.18. The maximum Gasteiger partial charge on any atom is 0.414 e. The zero-order valence-electron chi connectivity index (χ0n) is 17.1. The van der Waals surface area contributed by atoms with Crippen LogP contribution in [0.2, 0.25) is 0 Å². The van der Waals surface area contributed by atoms with E-state index in [9.17, 15) is 22.4 Å². The van der Waals surface area contributed by atoms with E-state index >= 15 is 0 Å². The van der Waals surface area contributed by atoms with Gasteiger partial charge in [0.15, 0.2) is 20.9 Å². The van der Waals surface area contributed by atoms with Crippen LogP contribution in [0.4, 0.5) is 14.9 Å². The molecule has 1 N–H and O–H groups in total. The summed E-state index contributed by atoms with van der Waals surface area (Å²) in [6.07, 6.45) is 0.494. The van der Waals surface area contributed by atoms with Crippen LogP contribution in [-0.2, 0) is 28.9 Å². The first-order valence-electron chi connectivity index (χ1n) is 9.72. The van der Waals surface area contributed by atoms with Crippen molar-refractivity contribution in [1.29, 1.82) is 0 Å². The number of halogens is 2. The van der Waals surface area contributed by atoms with E-state index in [1.165, 1.54) is 19.1 Å². The van der Waals surface area contributed by atoms with Crippen molar-refractivity contribution in [3.8, 4) is 0 Å². The van der Waals surface area contributed by atoms with Gasteiger partial charge in [-0.1, -0.05) is 15.9 Å². The largest absolute Gasteiger partial charge is 0.444 e. The lowest BCUT2D eigenvalue weighted by atomic mass is 10.0. The second-order valence-electron chi connectivity index (χ2n) is 7.76. The number of nitrogens with one attached hydrogen (secondary N) is 1. The molecule has 172 valence electrons. The van der Waals surface area contributed by atoms with Gasteiger partial charge >= 0.3 is 6.09 Å². The smallest absolute Gasteiger partial charge is 0.414 e. The molecule has 2 fully saturated rings. The van der Waals surface area contributed by atoms with E-state index in [0.29, 0.717) is 17.5 Å². The van der Waals surface area contributed by atoms with Gasteiger partial charge in [0.05, 0.1) is 12.2 Å². The van der Waals surface area contributed by atoms with Crippen LogP contribution < -0.4 is 10.4 Å². The molecule has 2 amide bonds. The van der Waals surface area contributed by atoms with Gasteiger partial charge < -0.3 is 9.47 Å². The van der Waals surface area contributed by atoms with E-state index in [2.05, 4.69) is 21.4 Å². The lowest BCUT2D eigenvalue weighted by molar-refractivity contribution is -0.201. The number of cyclic esters (lactones) is 1. The van der Waals surface area contributed by atoms with Crippen molar-refractivity contribution in [2.24, 2.45) is 0 Å². The minimum absolute atomic E-state index is 0.000934. The summed E-state index contributed by atoms with van der Waals surface area (Å²) < 4.78 is 48.4. The lowest BCUT2D eigenvalue weighted by Gasteiger charge is -2.29. The number of rotatable bonds is 7. The molecule has 0 bridgehead atoms. The zero-order chi connectivity index (χ0) is 22.8. The van der Waals surface area contributed by atoms with E-state index < -0.39 is 44.8 Å². The molecule has 0 aromatic heterocycles. The molecule has 0 spiro atoms. The fourth-order valence-electron chi connectivity index (χ4n) is 3.40. The molecule has 0 aliphatic carbocycles. The number of sulfone groups is 1. The average Bonchev–Trinajstić information content (AvgIpc) is 3.05. The Kier molecular flexibility index (Phi) is 7.24. The molecule has 12 heteroatoms. The molecule has 0 saturated carbocycles. The van der Waals surface area contributed by atoms with Crippen molar-refractivity contribution in [3.05, 3.63) is 28.5 Å². The Labute approximate surface area is 188 Å². The number of amides is 2. The van der Waals surface area contributed by atoms with Gasteiger partial charge in [0.2, 0.25) is 0 Å². The monoisotopic (exact) mass is 522 g/mol. The highest BCUT2D eigenvalue weighted by atomic mass is 79.9. The highest BCUT2D eigenvalue weighted by Gasteiger charge is 2.49. The van der Waals surface area contributed by atoms with E-state index in [1.807, 2.05) is 0 Å². The first-order valence-corrected chi connectivity index (χ1v) is 12.4. The van der Waals surface area contributed by atoms with Crippen LogP contribution in [0.3, 0.4) is 0 Å². The third-order valence-electron chi connectivity index (χ3n) is 5.41. The van der Waals surface area contributed by atoms with E-state index in [4.69, 9.17) is 14.3 Å². The average molecular weight is 523 g/mol. The predicted octanol–water partition coefficient (Wildman–Crippen LogP) is 2.68. The van der Waals surface area contributed by atoms with Crippen LogP contribution >= 0.6 is 15.9 Å². The molecule has 1 aromatic rings. The molecule has 2 saturated heterocycles. The van der Waals surface area contributed by atoms with Gasteiger partial charge in [0.25, 0.3) is 5.91 Å². The Morgan fingerprint density at radius 2 is 2.16 bits per heavy atom. The Hall–Kier alpha value is -1.76. The van der Waals surface area contributed by atoms with Gasteiger partial charge in [0, 0.05) is 30.2 Å². The molecule has 0 radical (unpaired) electrons. The Morgan fingerprint density at radius 3 is 2.77 bits per heavy atom. The second-order valence-corrected chi connectivity index (χ2v) is 11.1. The number of hydrogen-bond donors (Lipinski definition) is 1. The third-order valence-corrected chi connectivity index (χ3v) is 7.89. The maximum atomic E-state index is 14.3. The van der Waals surface area contributed by atoms with Gasteiger partial charge in [-0.15, -0.1) is 0 Å². The Bertz CT molecular complexity index is 955. The summed E-state index contributed by atoms with van der Waals surface area (Å²) in [5.74, 6) is -1.54. The standard InChI is InChI=1S/C19H24BrFN2O7S/c1-19(31(2,26)27,17(24)22-30-16-5-3-4-8-28-16)10-13-11-23(18(25)29-13)15-7-6-12(20)9-14(15)21/h6-7,9,13,16H,3-5,8,10-11H2,1-2H3,(H,22,24)/t13-,16?,19+/m0/s1. The van der Waals surface area contributed by atoms with Crippen LogP contribution in [0.1, 0.15) is 32.6 Å². The number of ether oxygens (including phenoxy) is 2. The van der Waals surface area contributed by atoms with Crippen LogP contribution in [-0.4, -0.2) is 57.0 Å². The number of carbonyl (C=O) groups excluding carboxylic acids is 2. The molecule has 9 nitrogen and oxygen atoms in total. The van der Waals surface area contributed by atoms with Crippen molar-refractivity contribution in [3.63, 3.8) is 0 Å². The first kappa shape index (κ1) is 23.9. The Balaban J connectivity index is 1.71. The molecular formula is C19H24BrFN2O7S. The summed E-state index contributed by atoms with van der Waals surface area (Å²) in [4.78, 5) is 31.4. The van der Waals surface area contributed by atoms with Crippen LogP contribution in [0.15, 0.2) is 22.7 Å². The van der Waals surface area contributed by atoms with Crippen molar-refractivity contribution >= 4 is 43.5 Å². The minimum atomic E-state index is -3.94. The van der Waals surface area contributed by atoms with Crippen LogP contribution in [0.25, 0.3) is 0 Å². The highest BCUT2D eigenvalue weighted by molar-refractivity contribution is 9.10. The molecule has 2 aliphatic heterocycles. The topological polar surface area (TPSA) is 111 Å². The quantitative estimate of drug-likeness (QED) is 0.547. The number of carbonyl (C=O) groups is 2. The molecular weight excluding hydrogens is 499 g/mol. The van der Waals surface area contributed by atoms with Crippen molar-refractivity contribution in [2.75, 3.05) is 24.3 Å². The molecule has 3 rings (SSSR count). The van der Waals surface area contributed by atoms with Gasteiger partial charge in [-0.05, 0) is 38.0 Å². The van der Waals surface area contributed by atoms with E-state index in [0.717, 1.165) is 24.0 Å². The molecule has 2 aliphatic rings. The number of benzene rings is 1. The Morgan fingerprint density at radius 1 is 1.42 bits per heavy atom. The van der Waals surface area contributed by atoms with E-state index in [1.54, 1.807) is 6.07 Å². The summed E-state index contributed by atoms with van der Waals surface area (Å²) in [5, 5.41) is 0. The minimum Gasteiger partial charge on any atom is -0.444 e. The van der Waals surface area contributed by atoms with Crippen molar-refractivity contribution in [1.82, 2.24) is 5.48 Å². The first-order chi connectivity index (χ1) is 14.5. The fraction of sp³-hybridized carbons (Fsp3) is 0.579. The number of hydroxylamine groups is 1. The normalized spacial score (nSPS) is 23.9. The highest BCUT2D eigenvalue weighted by Crippen LogP contribution is 2.32. The SMILES string of the molecule is C[C@@](C[C@H]1CN(c2ccc(Br)cc2F)C(=O)O1)(C(=O)NOC1CCCCO1)S(C)(=O)=O. The summed E-state index contributed by atoms with van der Waals surface area (Å²) in [7, 11) is -3.94. The van der Waals surface area contributed by atoms with Gasteiger partial charge in [-0.3, -0.25) is 9.69 Å². The predicted molar refractivity (Wildman–Crippen MR) is 112 cm³/mol. The molecule has 3 atom stereocenters. The lowest BCUT2D eigenvalue weighted by Crippen LogP contribution is -2.53. The summed E-state index contributed by atoms with van der Waals surface area (Å²) >= 11 is 3.15. The van der Waals surface area contributed by atoms with Gasteiger partial charge in [0.1, 0.15) is 11.9 Å². The van der Waals surface area contributed by atoms with Gasteiger partial charge in [-0.2, -0.15) is 0 Å². The molecule has 31 heavy (non-hydrogen) atoms. The van der Waals surface area contributed by atoms with E-state index in [-0.39, 0.29) is 18.7 Å². The van der Waals surface area contributed by atoms with Crippen molar-refractivity contribution < 1.29 is 36.7 Å². The second kappa shape index (κ2) is 9.39. The van der Waals surface area contributed by atoms with Crippen molar-refractivity contribution in [2.45, 2.75) is 49.7 Å².